The van der Waals surface area contributed by atoms with Crippen LogP contribution in [-0.4, -0.2) is 35.5 Å². The topological polar surface area (TPSA) is 66.8 Å². The maximum atomic E-state index is 11.0. The van der Waals surface area contributed by atoms with Gasteiger partial charge in [0.25, 0.3) is 0 Å². The molecule has 4 nitrogen and oxygen atoms in total. The van der Waals surface area contributed by atoms with Crippen LogP contribution < -0.4 is 0 Å². The van der Waals surface area contributed by atoms with Gasteiger partial charge in [-0.05, 0) is 6.42 Å². The summed E-state index contributed by atoms with van der Waals surface area (Å²) in [6.45, 7) is 3.13. The number of aliphatic hydroxyl groups is 2. The molecule has 0 rings (SSSR count). The number of rotatable bonds is 5. The lowest BCUT2D eigenvalue weighted by Crippen LogP contribution is -2.24. The van der Waals surface area contributed by atoms with Gasteiger partial charge in [-0.25, -0.2) is 0 Å². The van der Waals surface area contributed by atoms with E-state index in [0.29, 0.717) is 6.42 Å². The first kappa shape index (κ1) is 11.4. The first-order valence-corrected chi connectivity index (χ1v) is 4.07. The molecular formula is C8H16O4. The Hall–Kier alpha value is -0.610. The zero-order valence-corrected chi connectivity index (χ0v) is 7.49. The van der Waals surface area contributed by atoms with Crippen molar-refractivity contribution in [1.29, 1.82) is 0 Å². The van der Waals surface area contributed by atoms with Crippen molar-refractivity contribution in [2.75, 3.05) is 13.2 Å². The SMILES string of the molecule is CCC(C)C(=O)OCC(O)CO. The molecule has 0 saturated heterocycles. The standard InChI is InChI=1S/C8H16O4/c1-3-6(2)8(11)12-5-7(10)4-9/h6-7,9-10H,3-5H2,1-2H3. The maximum Gasteiger partial charge on any atom is 0.308 e. The minimum Gasteiger partial charge on any atom is -0.463 e. The zero-order valence-electron chi connectivity index (χ0n) is 7.49. The molecule has 0 aliphatic heterocycles. The van der Waals surface area contributed by atoms with Crippen molar-refractivity contribution in [3.8, 4) is 0 Å². The third-order valence-electron chi connectivity index (χ3n) is 1.64. The Morgan fingerprint density at radius 3 is 2.58 bits per heavy atom. The Labute approximate surface area is 72.2 Å². The molecule has 0 saturated carbocycles. The van der Waals surface area contributed by atoms with Crippen LogP contribution in [0.3, 0.4) is 0 Å². The first-order valence-electron chi connectivity index (χ1n) is 4.07. The van der Waals surface area contributed by atoms with Gasteiger partial charge >= 0.3 is 5.97 Å². The number of esters is 1. The normalized spacial score (nSPS) is 15.3. The van der Waals surface area contributed by atoms with Gasteiger partial charge in [-0.1, -0.05) is 13.8 Å². The Bertz CT molecular complexity index is 135. The molecule has 0 aliphatic carbocycles. The summed E-state index contributed by atoms with van der Waals surface area (Å²) in [7, 11) is 0. The number of hydrogen-bond acceptors (Lipinski definition) is 4. The van der Waals surface area contributed by atoms with Crippen molar-refractivity contribution in [3.05, 3.63) is 0 Å². The van der Waals surface area contributed by atoms with Gasteiger partial charge in [-0.2, -0.15) is 0 Å². The summed E-state index contributed by atoms with van der Waals surface area (Å²) in [4.78, 5) is 11.0. The second kappa shape index (κ2) is 5.97. The molecule has 0 aromatic rings. The van der Waals surface area contributed by atoms with Crippen molar-refractivity contribution < 1.29 is 19.7 Å². The van der Waals surface area contributed by atoms with Gasteiger partial charge < -0.3 is 14.9 Å². The molecule has 0 aliphatic rings. The van der Waals surface area contributed by atoms with Crippen LogP contribution in [0.15, 0.2) is 0 Å². The second-order valence-corrected chi connectivity index (χ2v) is 2.78. The highest BCUT2D eigenvalue weighted by molar-refractivity contribution is 5.71. The van der Waals surface area contributed by atoms with Gasteiger partial charge in [-0.3, -0.25) is 4.79 Å². The fourth-order valence-corrected chi connectivity index (χ4v) is 0.540. The van der Waals surface area contributed by atoms with E-state index in [2.05, 4.69) is 0 Å². The highest BCUT2D eigenvalue weighted by Crippen LogP contribution is 2.03. The van der Waals surface area contributed by atoms with E-state index in [1.54, 1.807) is 6.92 Å². The number of carbonyl (C=O) groups is 1. The van der Waals surface area contributed by atoms with Crippen molar-refractivity contribution >= 4 is 5.97 Å². The van der Waals surface area contributed by atoms with Gasteiger partial charge in [0.2, 0.25) is 0 Å². The Kier molecular flexibility index (Phi) is 5.66. The van der Waals surface area contributed by atoms with Gasteiger partial charge in [0.15, 0.2) is 0 Å². The lowest BCUT2D eigenvalue weighted by atomic mass is 10.1. The zero-order chi connectivity index (χ0) is 9.56. The van der Waals surface area contributed by atoms with E-state index < -0.39 is 6.10 Å². The molecule has 0 amide bonds. The molecule has 2 N–H and O–H groups in total. The molecule has 2 unspecified atom stereocenters. The van der Waals surface area contributed by atoms with Gasteiger partial charge in [0.1, 0.15) is 12.7 Å². The van der Waals surface area contributed by atoms with E-state index in [4.69, 9.17) is 14.9 Å². The molecule has 0 heterocycles. The first-order chi connectivity index (χ1) is 5.61. The molecular weight excluding hydrogens is 160 g/mol. The van der Waals surface area contributed by atoms with Crippen LogP contribution in [0.5, 0.6) is 0 Å². The van der Waals surface area contributed by atoms with Crippen LogP contribution in [-0.2, 0) is 9.53 Å². The Morgan fingerprint density at radius 2 is 2.17 bits per heavy atom. The summed E-state index contributed by atoms with van der Waals surface area (Å²) in [5.74, 6) is -0.471. The Morgan fingerprint density at radius 1 is 1.58 bits per heavy atom. The predicted molar refractivity (Wildman–Crippen MR) is 43.5 cm³/mol. The van der Waals surface area contributed by atoms with Crippen LogP contribution in [0, 0.1) is 5.92 Å². The van der Waals surface area contributed by atoms with E-state index in [9.17, 15) is 4.79 Å². The largest absolute Gasteiger partial charge is 0.463 e. The van der Waals surface area contributed by atoms with Crippen LogP contribution >= 0.6 is 0 Å². The van der Waals surface area contributed by atoms with Crippen LogP contribution in [0.4, 0.5) is 0 Å². The smallest absolute Gasteiger partial charge is 0.308 e. The average Bonchev–Trinajstić information content (AvgIpc) is 2.11. The van der Waals surface area contributed by atoms with Crippen molar-refractivity contribution in [2.45, 2.75) is 26.4 Å². The van der Waals surface area contributed by atoms with E-state index in [1.165, 1.54) is 0 Å². The number of hydrogen-bond donors (Lipinski definition) is 2. The molecule has 12 heavy (non-hydrogen) atoms. The Balaban J connectivity index is 3.56. The molecule has 0 aromatic heterocycles. The van der Waals surface area contributed by atoms with E-state index in [0.717, 1.165) is 0 Å². The molecule has 0 spiro atoms. The summed E-state index contributed by atoms with van der Waals surface area (Å²) in [5, 5.41) is 17.2. The summed E-state index contributed by atoms with van der Waals surface area (Å²) in [6.07, 6.45) is -0.244. The van der Waals surface area contributed by atoms with Crippen LogP contribution in [0.1, 0.15) is 20.3 Å². The van der Waals surface area contributed by atoms with E-state index >= 15 is 0 Å². The highest BCUT2D eigenvalue weighted by atomic mass is 16.5. The molecule has 2 atom stereocenters. The highest BCUT2D eigenvalue weighted by Gasteiger charge is 2.13. The van der Waals surface area contributed by atoms with E-state index in [-0.39, 0.29) is 25.1 Å². The van der Waals surface area contributed by atoms with Gasteiger partial charge in [-0.15, -0.1) is 0 Å². The molecule has 0 radical (unpaired) electrons. The van der Waals surface area contributed by atoms with Gasteiger partial charge in [0.05, 0.1) is 12.5 Å². The third-order valence-corrected chi connectivity index (χ3v) is 1.64. The summed E-state index contributed by atoms with van der Waals surface area (Å²) >= 11 is 0. The summed E-state index contributed by atoms with van der Waals surface area (Å²) in [6, 6.07) is 0. The lowest BCUT2D eigenvalue weighted by Gasteiger charge is -2.11. The molecule has 72 valence electrons. The fourth-order valence-electron chi connectivity index (χ4n) is 0.540. The van der Waals surface area contributed by atoms with E-state index in [1.807, 2.05) is 6.92 Å². The monoisotopic (exact) mass is 176 g/mol. The number of ether oxygens (including phenoxy) is 1. The quantitative estimate of drug-likeness (QED) is 0.575. The second-order valence-electron chi connectivity index (χ2n) is 2.78. The molecule has 4 heteroatoms. The van der Waals surface area contributed by atoms with Crippen molar-refractivity contribution in [2.24, 2.45) is 5.92 Å². The molecule has 0 bridgehead atoms. The summed E-state index contributed by atoms with van der Waals surface area (Å²) < 4.78 is 4.70. The van der Waals surface area contributed by atoms with Crippen LogP contribution in [0.2, 0.25) is 0 Å². The lowest BCUT2D eigenvalue weighted by molar-refractivity contribution is -0.151. The van der Waals surface area contributed by atoms with Crippen molar-refractivity contribution in [3.63, 3.8) is 0 Å². The third kappa shape index (κ3) is 4.31. The average molecular weight is 176 g/mol. The van der Waals surface area contributed by atoms with Gasteiger partial charge in [0, 0.05) is 0 Å². The molecule has 0 aromatic carbocycles. The van der Waals surface area contributed by atoms with Crippen molar-refractivity contribution in [1.82, 2.24) is 0 Å². The molecule has 0 fully saturated rings. The number of aliphatic hydroxyl groups excluding tert-OH is 2. The van der Waals surface area contributed by atoms with Crippen LogP contribution in [0.25, 0.3) is 0 Å². The summed E-state index contributed by atoms with van der Waals surface area (Å²) in [5.41, 5.74) is 0. The minimum absolute atomic E-state index is 0.125. The predicted octanol–water partition coefficient (Wildman–Crippen LogP) is -0.0711. The minimum atomic E-state index is -0.960. The maximum absolute atomic E-state index is 11.0. The fraction of sp³-hybridized carbons (Fsp3) is 0.875. The number of carbonyl (C=O) groups excluding carboxylic acids is 1.